The molecule has 0 atom stereocenters. The zero-order chi connectivity index (χ0) is 12.5. The van der Waals surface area contributed by atoms with Crippen LogP contribution in [-0.4, -0.2) is 21.0 Å². The lowest BCUT2D eigenvalue weighted by Gasteiger charge is -2.09. The minimum absolute atomic E-state index is 0.680. The molecule has 0 saturated heterocycles. The van der Waals surface area contributed by atoms with E-state index in [1.165, 1.54) is 12.8 Å². The highest BCUT2D eigenvalue weighted by molar-refractivity contribution is 9.11. The fourth-order valence-corrected chi connectivity index (χ4v) is 2.53. The van der Waals surface area contributed by atoms with Crippen molar-refractivity contribution in [1.82, 2.24) is 20.3 Å². The van der Waals surface area contributed by atoms with Gasteiger partial charge in [-0.05, 0) is 47.0 Å². The van der Waals surface area contributed by atoms with Crippen LogP contribution in [0.3, 0.4) is 0 Å². The summed E-state index contributed by atoms with van der Waals surface area (Å²) in [7, 11) is 0. The van der Waals surface area contributed by atoms with Crippen LogP contribution in [-0.2, 0) is 6.54 Å². The molecule has 1 heterocycles. The monoisotopic (exact) mass is 370 g/mol. The molecule has 4 nitrogen and oxygen atoms in total. The Bertz CT molecular complexity index is 563. The number of aromatic nitrogens is 3. The molecule has 0 bridgehead atoms. The summed E-state index contributed by atoms with van der Waals surface area (Å²) >= 11 is 7.03. The molecule has 0 aliphatic heterocycles. The van der Waals surface area contributed by atoms with Gasteiger partial charge in [-0.1, -0.05) is 21.1 Å². The summed E-state index contributed by atoms with van der Waals surface area (Å²) in [6, 6.07) is 6.70. The SMILES string of the molecule is Brc1ccc(Br)c(-n2nncc2CNC2CC2)c1. The highest BCUT2D eigenvalue weighted by Crippen LogP contribution is 2.25. The molecule has 18 heavy (non-hydrogen) atoms. The van der Waals surface area contributed by atoms with E-state index >= 15 is 0 Å². The maximum Gasteiger partial charge on any atom is 0.0820 e. The number of benzene rings is 1. The van der Waals surface area contributed by atoms with Crippen LogP contribution in [0.25, 0.3) is 5.69 Å². The largest absolute Gasteiger partial charge is 0.308 e. The molecule has 1 aliphatic carbocycles. The topological polar surface area (TPSA) is 42.7 Å². The maximum absolute atomic E-state index is 4.16. The molecule has 94 valence electrons. The molecular weight excluding hydrogens is 360 g/mol. The van der Waals surface area contributed by atoms with Crippen LogP contribution in [0.1, 0.15) is 18.5 Å². The second kappa shape index (κ2) is 5.11. The van der Waals surface area contributed by atoms with Crippen LogP contribution in [0, 0.1) is 0 Å². The van der Waals surface area contributed by atoms with E-state index in [-0.39, 0.29) is 0 Å². The first kappa shape index (κ1) is 12.3. The molecule has 6 heteroatoms. The highest BCUT2D eigenvalue weighted by atomic mass is 79.9. The van der Waals surface area contributed by atoms with E-state index in [1.807, 2.05) is 29.1 Å². The van der Waals surface area contributed by atoms with Crippen molar-refractivity contribution in [2.75, 3.05) is 0 Å². The van der Waals surface area contributed by atoms with Gasteiger partial charge in [0.25, 0.3) is 0 Å². The summed E-state index contributed by atoms with van der Waals surface area (Å²) in [4.78, 5) is 0. The Hall–Kier alpha value is -0.720. The standard InChI is InChI=1S/C12H12Br2N4/c13-8-1-4-11(14)12(5-8)18-10(7-16-17-18)6-15-9-2-3-9/h1,4-5,7,9,15H,2-3,6H2. The van der Waals surface area contributed by atoms with Gasteiger partial charge in [-0.3, -0.25) is 0 Å². The van der Waals surface area contributed by atoms with Crippen molar-refractivity contribution >= 4 is 31.9 Å². The first-order valence-electron chi connectivity index (χ1n) is 5.82. The highest BCUT2D eigenvalue weighted by Gasteiger charge is 2.21. The van der Waals surface area contributed by atoms with E-state index in [2.05, 4.69) is 47.5 Å². The van der Waals surface area contributed by atoms with E-state index in [4.69, 9.17) is 0 Å². The molecule has 2 aromatic rings. The molecule has 0 amide bonds. The van der Waals surface area contributed by atoms with Gasteiger partial charge in [-0.2, -0.15) is 0 Å². The first-order valence-corrected chi connectivity index (χ1v) is 7.41. The number of rotatable bonds is 4. The quantitative estimate of drug-likeness (QED) is 0.898. The minimum atomic E-state index is 0.680. The van der Waals surface area contributed by atoms with Crippen molar-refractivity contribution in [2.45, 2.75) is 25.4 Å². The molecule has 1 aliphatic rings. The lowest BCUT2D eigenvalue weighted by Crippen LogP contribution is -2.18. The van der Waals surface area contributed by atoms with Gasteiger partial charge in [0.15, 0.2) is 0 Å². The molecule has 0 radical (unpaired) electrons. The van der Waals surface area contributed by atoms with Crippen molar-refractivity contribution < 1.29 is 0 Å². The summed E-state index contributed by atoms with van der Waals surface area (Å²) in [6.45, 7) is 0.802. The van der Waals surface area contributed by atoms with Gasteiger partial charge in [0, 0.05) is 21.5 Å². The fourth-order valence-electron chi connectivity index (χ4n) is 1.76. The maximum atomic E-state index is 4.16. The number of nitrogens with one attached hydrogen (secondary N) is 1. The molecule has 1 aromatic carbocycles. The number of hydrogen-bond donors (Lipinski definition) is 1. The lowest BCUT2D eigenvalue weighted by atomic mass is 10.3. The van der Waals surface area contributed by atoms with Crippen molar-refractivity contribution in [2.24, 2.45) is 0 Å². The van der Waals surface area contributed by atoms with Crippen LogP contribution in [0.5, 0.6) is 0 Å². The van der Waals surface area contributed by atoms with Gasteiger partial charge >= 0.3 is 0 Å². The van der Waals surface area contributed by atoms with Gasteiger partial charge in [-0.25, -0.2) is 4.68 Å². The minimum Gasteiger partial charge on any atom is -0.308 e. The molecule has 1 fully saturated rings. The zero-order valence-corrected chi connectivity index (χ0v) is 12.8. The molecule has 1 saturated carbocycles. The summed E-state index contributed by atoms with van der Waals surface area (Å²) in [5.74, 6) is 0. The summed E-state index contributed by atoms with van der Waals surface area (Å²) < 4.78 is 3.89. The van der Waals surface area contributed by atoms with Crippen molar-refractivity contribution in [3.8, 4) is 5.69 Å². The van der Waals surface area contributed by atoms with Crippen LogP contribution in [0.2, 0.25) is 0 Å². The first-order chi connectivity index (χ1) is 8.74. The predicted molar refractivity (Wildman–Crippen MR) is 76.6 cm³/mol. The second-order valence-corrected chi connectivity index (χ2v) is 6.16. The van der Waals surface area contributed by atoms with Crippen LogP contribution in [0.15, 0.2) is 33.3 Å². The molecule has 1 N–H and O–H groups in total. The van der Waals surface area contributed by atoms with Gasteiger partial charge in [0.2, 0.25) is 0 Å². The average Bonchev–Trinajstić information content (AvgIpc) is 3.08. The Labute approximate surface area is 122 Å². The number of hydrogen-bond acceptors (Lipinski definition) is 3. The zero-order valence-electron chi connectivity index (χ0n) is 9.61. The normalized spacial score (nSPS) is 15.0. The molecule has 0 unspecified atom stereocenters. The third-order valence-electron chi connectivity index (χ3n) is 2.91. The summed E-state index contributed by atoms with van der Waals surface area (Å²) in [5, 5.41) is 11.6. The third kappa shape index (κ3) is 2.65. The van der Waals surface area contributed by atoms with Crippen molar-refractivity contribution in [3.63, 3.8) is 0 Å². The van der Waals surface area contributed by atoms with E-state index in [0.29, 0.717) is 6.04 Å². The van der Waals surface area contributed by atoms with Crippen LogP contribution in [0.4, 0.5) is 0 Å². The Kier molecular flexibility index (Phi) is 3.50. The third-order valence-corrected chi connectivity index (χ3v) is 4.07. The van der Waals surface area contributed by atoms with Crippen molar-refractivity contribution in [1.29, 1.82) is 0 Å². The second-order valence-electron chi connectivity index (χ2n) is 4.39. The number of nitrogens with zero attached hydrogens (tertiary/aromatic N) is 3. The molecule has 0 spiro atoms. The van der Waals surface area contributed by atoms with Gasteiger partial charge in [0.1, 0.15) is 0 Å². The van der Waals surface area contributed by atoms with Gasteiger partial charge in [0.05, 0.1) is 17.6 Å². The molecular formula is C12H12Br2N4. The van der Waals surface area contributed by atoms with E-state index < -0.39 is 0 Å². The van der Waals surface area contributed by atoms with Gasteiger partial charge in [-0.15, -0.1) is 5.10 Å². The summed E-state index contributed by atoms with van der Waals surface area (Å²) in [5.41, 5.74) is 2.06. The van der Waals surface area contributed by atoms with Crippen molar-refractivity contribution in [3.05, 3.63) is 39.0 Å². The Morgan fingerprint density at radius 2 is 2.17 bits per heavy atom. The Morgan fingerprint density at radius 1 is 1.33 bits per heavy atom. The smallest absolute Gasteiger partial charge is 0.0820 e. The van der Waals surface area contributed by atoms with Gasteiger partial charge < -0.3 is 5.32 Å². The predicted octanol–water partition coefficient (Wildman–Crippen LogP) is 3.04. The van der Waals surface area contributed by atoms with E-state index in [1.54, 1.807) is 0 Å². The van der Waals surface area contributed by atoms with E-state index in [0.717, 1.165) is 26.9 Å². The fraction of sp³-hybridized carbons (Fsp3) is 0.333. The lowest BCUT2D eigenvalue weighted by molar-refractivity contribution is 0.646. The van der Waals surface area contributed by atoms with Crippen LogP contribution < -0.4 is 5.32 Å². The Morgan fingerprint density at radius 3 is 2.94 bits per heavy atom. The molecule has 1 aromatic heterocycles. The molecule has 3 rings (SSSR count). The Balaban J connectivity index is 1.90. The average molecular weight is 372 g/mol. The summed E-state index contributed by atoms with van der Waals surface area (Å²) in [6.07, 6.45) is 4.37. The van der Waals surface area contributed by atoms with Crippen LogP contribution >= 0.6 is 31.9 Å². The number of halogens is 2. The van der Waals surface area contributed by atoms with E-state index in [9.17, 15) is 0 Å².